The van der Waals surface area contributed by atoms with E-state index in [1.54, 1.807) is 0 Å². The molecule has 0 unspecified atom stereocenters. The molecular weight excluding hydrogens is 266 g/mol. The predicted octanol–water partition coefficient (Wildman–Crippen LogP) is 5.08. The Kier molecular flexibility index (Phi) is 3.36. The summed E-state index contributed by atoms with van der Waals surface area (Å²) in [6, 6.07) is 24.7. The molecule has 4 rings (SSSR count). The zero-order valence-electron chi connectivity index (χ0n) is 12.0. The van der Waals surface area contributed by atoms with Crippen molar-refractivity contribution in [3.63, 3.8) is 0 Å². The van der Waals surface area contributed by atoms with Gasteiger partial charge in [0.05, 0.1) is 0 Å². The van der Waals surface area contributed by atoms with E-state index >= 15 is 0 Å². The molecule has 0 bridgehead atoms. The van der Waals surface area contributed by atoms with Gasteiger partial charge >= 0.3 is 129 Å². The minimum atomic E-state index is 0.867. The van der Waals surface area contributed by atoms with Crippen LogP contribution in [0.2, 0.25) is 0 Å². The van der Waals surface area contributed by atoms with Gasteiger partial charge in [-0.05, 0) is 0 Å². The summed E-state index contributed by atoms with van der Waals surface area (Å²) in [7, 11) is 0. The fraction of sp³-hybridized carbons (Fsp3) is 0. The predicted molar refractivity (Wildman–Crippen MR) is 94.8 cm³/mol. The van der Waals surface area contributed by atoms with Crippen LogP contribution in [0.15, 0.2) is 83.0 Å². The zero-order chi connectivity index (χ0) is 14.8. The summed E-state index contributed by atoms with van der Waals surface area (Å²) < 4.78 is 0. The van der Waals surface area contributed by atoms with E-state index < -0.39 is 0 Å². The van der Waals surface area contributed by atoms with E-state index in [-0.39, 0.29) is 0 Å². The van der Waals surface area contributed by atoms with Crippen LogP contribution in [0.1, 0.15) is 0 Å². The second-order valence-corrected chi connectivity index (χ2v) is 5.26. The van der Waals surface area contributed by atoms with E-state index in [0.29, 0.717) is 0 Å². The van der Waals surface area contributed by atoms with Crippen molar-refractivity contribution in [3.05, 3.63) is 72.8 Å². The molecule has 2 heterocycles. The summed E-state index contributed by atoms with van der Waals surface area (Å²) in [5.41, 5.74) is 1.73. The fourth-order valence-corrected chi connectivity index (χ4v) is 2.59. The van der Waals surface area contributed by atoms with E-state index in [9.17, 15) is 0 Å². The second kappa shape index (κ2) is 5.64. The molecule has 0 N–H and O–H groups in total. The van der Waals surface area contributed by atoms with Crippen LogP contribution in [0.25, 0.3) is 21.3 Å². The molecule has 0 amide bonds. The van der Waals surface area contributed by atoms with Crippen LogP contribution in [0.5, 0.6) is 0 Å². The number of azo groups is 1. The van der Waals surface area contributed by atoms with Crippen molar-refractivity contribution in [2.75, 3.05) is 0 Å². The average molecular weight is 278 g/mol. The van der Waals surface area contributed by atoms with Gasteiger partial charge in [0.2, 0.25) is 0 Å². The Labute approximate surface area is 129 Å². The van der Waals surface area contributed by atoms with Crippen LogP contribution in [0.4, 0.5) is 11.2 Å². The van der Waals surface area contributed by atoms with Crippen LogP contribution in [-0.2, 0) is 0 Å². The molecule has 0 saturated carbocycles. The first-order chi connectivity index (χ1) is 10.9. The van der Waals surface area contributed by atoms with E-state index in [4.69, 9.17) is 0 Å². The van der Waals surface area contributed by atoms with Gasteiger partial charge in [0.15, 0.2) is 0 Å². The average Bonchev–Trinajstić information content (AvgIpc) is 2.59. The molecule has 0 radical (unpaired) electrons. The molecule has 2 aromatic heterocycles. The fourth-order valence-electron chi connectivity index (χ4n) is 2.59. The van der Waals surface area contributed by atoms with Gasteiger partial charge in [-0.2, -0.15) is 0 Å². The van der Waals surface area contributed by atoms with Crippen molar-refractivity contribution in [1.82, 2.24) is 0 Å². The van der Waals surface area contributed by atoms with Crippen molar-refractivity contribution in [1.29, 1.82) is 0 Å². The van der Waals surface area contributed by atoms with Crippen molar-refractivity contribution < 1.29 is 0 Å². The third kappa shape index (κ3) is 2.60. The van der Waals surface area contributed by atoms with Gasteiger partial charge in [0, 0.05) is 0 Å². The maximum atomic E-state index is 4.36. The molecule has 0 atom stereocenters. The quantitative estimate of drug-likeness (QED) is 0.456. The van der Waals surface area contributed by atoms with E-state index in [2.05, 4.69) is 60.4 Å². The Bertz CT molecular complexity index is 915. The maximum absolute atomic E-state index is 4.36. The third-order valence-corrected chi connectivity index (χ3v) is 3.75. The number of nitrogens with zero attached hydrogens (tertiary/aromatic N) is 2. The summed E-state index contributed by atoms with van der Waals surface area (Å²) in [5, 5.41) is 13.5. The van der Waals surface area contributed by atoms with E-state index in [0.717, 1.165) is 11.2 Å². The molecule has 0 aliphatic heterocycles. The standard InChI is InChI=1S/C18H12B2N2/c1-3-7-15-13(5-1)9-11-17(19-15)21-22-18-12-10-14-6-2-4-8-16(14)20-18/h1-12H. The first-order valence-electron chi connectivity index (χ1n) is 7.28. The number of fused-ring (bicyclic) bond motifs is 2. The zero-order valence-corrected chi connectivity index (χ0v) is 12.0. The molecule has 0 aliphatic rings. The number of hydrogen-bond donors (Lipinski definition) is 0. The van der Waals surface area contributed by atoms with E-state index in [1.165, 1.54) is 21.3 Å². The Morgan fingerprint density at radius 1 is 0.500 bits per heavy atom. The summed E-state index contributed by atoms with van der Waals surface area (Å²) in [4.78, 5) is 0. The normalized spacial score (nSPS) is 11.1. The molecular formula is C18H12B2N2. The van der Waals surface area contributed by atoms with Gasteiger partial charge in [-0.3, -0.25) is 0 Å². The molecule has 22 heavy (non-hydrogen) atoms. The van der Waals surface area contributed by atoms with Crippen LogP contribution in [-0.4, -0.2) is 13.8 Å². The van der Waals surface area contributed by atoms with Crippen LogP contribution in [0.3, 0.4) is 0 Å². The van der Waals surface area contributed by atoms with E-state index in [1.807, 2.05) is 36.4 Å². The van der Waals surface area contributed by atoms with Crippen molar-refractivity contribution in [2.45, 2.75) is 0 Å². The van der Waals surface area contributed by atoms with Crippen LogP contribution < -0.4 is 0 Å². The van der Waals surface area contributed by atoms with Crippen LogP contribution in [0, 0.1) is 0 Å². The number of rotatable bonds is 2. The molecule has 0 saturated heterocycles. The van der Waals surface area contributed by atoms with Crippen molar-refractivity contribution in [2.24, 2.45) is 10.2 Å². The molecule has 0 aliphatic carbocycles. The monoisotopic (exact) mass is 278 g/mol. The van der Waals surface area contributed by atoms with Gasteiger partial charge in [-0.15, -0.1) is 0 Å². The molecule has 4 aromatic rings. The number of benzene rings is 2. The topological polar surface area (TPSA) is 24.7 Å². The summed E-state index contributed by atoms with van der Waals surface area (Å²) in [6.07, 6.45) is 0. The van der Waals surface area contributed by atoms with Gasteiger partial charge in [-0.25, -0.2) is 0 Å². The Hall–Kier alpha value is -2.61. The van der Waals surface area contributed by atoms with Crippen molar-refractivity contribution in [3.8, 4) is 0 Å². The minimum absolute atomic E-state index is 0.867. The summed E-state index contributed by atoms with van der Waals surface area (Å²) in [6.45, 7) is 4.11. The van der Waals surface area contributed by atoms with Gasteiger partial charge < -0.3 is 0 Å². The van der Waals surface area contributed by atoms with Crippen LogP contribution >= 0.6 is 0 Å². The number of hydrogen-bond acceptors (Lipinski definition) is 2. The van der Waals surface area contributed by atoms with Gasteiger partial charge in [0.25, 0.3) is 0 Å². The second-order valence-electron chi connectivity index (χ2n) is 5.26. The summed E-state index contributed by atoms with van der Waals surface area (Å²) >= 11 is 0. The summed E-state index contributed by atoms with van der Waals surface area (Å²) in [5.74, 6) is 0. The first kappa shape index (κ1) is 13.1. The Balaban J connectivity index is 1.68. The molecule has 0 fully saturated rings. The van der Waals surface area contributed by atoms with Gasteiger partial charge in [0.1, 0.15) is 0 Å². The molecule has 0 spiro atoms. The molecule has 4 heteroatoms. The molecule has 2 nitrogen and oxygen atoms in total. The van der Waals surface area contributed by atoms with Gasteiger partial charge in [-0.1, -0.05) is 0 Å². The first-order valence-corrected chi connectivity index (χ1v) is 7.28. The third-order valence-electron chi connectivity index (χ3n) is 3.75. The Morgan fingerprint density at radius 3 is 1.45 bits per heavy atom. The molecule has 100 valence electrons. The SMILES string of the molecule is b1c(N=Nc2bc3ccccc3cc2)ccc2ccccc12. The molecule has 2 aromatic carbocycles. The Morgan fingerprint density at radius 2 is 0.955 bits per heavy atom. The van der Waals surface area contributed by atoms with Crippen molar-refractivity contribution >= 4 is 46.3 Å².